The predicted octanol–water partition coefficient (Wildman–Crippen LogP) is 5.72. The van der Waals surface area contributed by atoms with E-state index >= 15 is 0 Å². The molecule has 0 spiro atoms. The SMILES string of the molecule is O=Cc1c(-c2ccc(Cl)cc2Cl)[nH]c2ccc(Br)cc12. The van der Waals surface area contributed by atoms with Gasteiger partial charge in [0.25, 0.3) is 0 Å². The molecule has 0 aliphatic rings. The van der Waals surface area contributed by atoms with Crippen LogP contribution in [0.3, 0.4) is 0 Å². The van der Waals surface area contributed by atoms with Gasteiger partial charge in [-0.2, -0.15) is 0 Å². The normalized spacial score (nSPS) is 10.9. The van der Waals surface area contributed by atoms with Crippen LogP contribution in [0, 0.1) is 0 Å². The van der Waals surface area contributed by atoms with Crippen molar-refractivity contribution < 1.29 is 4.79 Å². The van der Waals surface area contributed by atoms with Crippen molar-refractivity contribution in [2.24, 2.45) is 0 Å². The van der Waals surface area contributed by atoms with Crippen molar-refractivity contribution in [3.8, 4) is 11.3 Å². The third kappa shape index (κ3) is 2.26. The van der Waals surface area contributed by atoms with Gasteiger partial charge in [-0.1, -0.05) is 39.1 Å². The second-order valence-corrected chi connectivity index (χ2v) is 6.10. The van der Waals surface area contributed by atoms with E-state index in [1.807, 2.05) is 18.2 Å². The van der Waals surface area contributed by atoms with Crippen molar-refractivity contribution in [1.29, 1.82) is 0 Å². The molecule has 20 heavy (non-hydrogen) atoms. The number of aromatic amines is 1. The maximum Gasteiger partial charge on any atom is 0.152 e. The second kappa shape index (κ2) is 5.24. The van der Waals surface area contributed by atoms with Crippen LogP contribution in [0.1, 0.15) is 10.4 Å². The first-order chi connectivity index (χ1) is 9.60. The van der Waals surface area contributed by atoms with Crippen LogP contribution in [0.15, 0.2) is 40.9 Å². The Labute approximate surface area is 133 Å². The Morgan fingerprint density at radius 1 is 1.10 bits per heavy atom. The number of halogens is 3. The van der Waals surface area contributed by atoms with E-state index in [0.29, 0.717) is 21.3 Å². The van der Waals surface area contributed by atoms with Crippen LogP contribution < -0.4 is 0 Å². The average Bonchev–Trinajstić information content (AvgIpc) is 2.76. The lowest BCUT2D eigenvalue weighted by Gasteiger charge is -2.03. The Bertz CT molecular complexity index is 826. The Kier molecular flexibility index (Phi) is 3.59. The fraction of sp³-hybridized carbons (Fsp3) is 0. The largest absolute Gasteiger partial charge is 0.354 e. The summed E-state index contributed by atoms with van der Waals surface area (Å²) in [6.45, 7) is 0. The van der Waals surface area contributed by atoms with Crippen molar-refractivity contribution in [3.63, 3.8) is 0 Å². The van der Waals surface area contributed by atoms with Crippen LogP contribution in [0.5, 0.6) is 0 Å². The molecule has 0 radical (unpaired) electrons. The Balaban J connectivity index is 2.33. The number of benzene rings is 2. The van der Waals surface area contributed by atoms with E-state index in [-0.39, 0.29) is 0 Å². The highest BCUT2D eigenvalue weighted by Crippen LogP contribution is 2.35. The first-order valence-electron chi connectivity index (χ1n) is 5.82. The van der Waals surface area contributed by atoms with Gasteiger partial charge in [0.05, 0.1) is 10.7 Å². The van der Waals surface area contributed by atoms with Gasteiger partial charge in [-0.3, -0.25) is 4.79 Å². The highest BCUT2D eigenvalue weighted by Gasteiger charge is 2.15. The Morgan fingerprint density at radius 2 is 1.90 bits per heavy atom. The van der Waals surface area contributed by atoms with Gasteiger partial charge < -0.3 is 4.98 Å². The van der Waals surface area contributed by atoms with Crippen LogP contribution in [0.25, 0.3) is 22.2 Å². The zero-order valence-corrected chi connectivity index (χ0v) is 13.2. The van der Waals surface area contributed by atoms with Crippen LogP contribution >= 0.6 is 39.1 Å². The van der Waals surface area contributed by atoms with Crippen molar-refractivity contribution in [3.05, 3.63) is 56.5 Å². The van der Waals surface area contributed by atoms with Crippen LogP contribution in [-0.2, 0) is 0 Å². The molecule has 2 aromatic carbocycles. The molecule has 2 nitrogen and oxygen atoms in total. The molecule has 1 N–H and O–H groups in total. The number of carbonyl (C=O) groups excluding carboxylic acids is 1. The van der Waals surface area contributed by atoms with Crippen LogP contribution in [0.2, 0.25) is 10.0 Å². The summed E-state index contributed by atoms with van der Waals surface area (Å²) >= 11 is 15.5. The first-order valence-corrected chi connectivity index (χ1v) is 7.37. The predicted molar refractivity (Wildman–Crippen MR) is 86.8 cm³/mol. The van der Waals surface area contributed by atoms with E-state index in [2.05, 4.69) is 20.9 Å². The molecule has 0 saturated carbocycles. The molecule has 3 rings (SSSR count). The second-order valence-electron chi connectivity index (χ2n) is 4.35. The summed E-state index contributed by atoms with van der Waals surface area (Å²) in [7, 11) is 0. The highest BCUT2D eigenvalue weighted by molar-refractivity contribution is 9.10. The van der Waals surface area contributed by atoms with Gasteiger partial charge in [0, 0.05) is 31.5 Å². The van der Waals surface area contributed by atoms with Gasteiger partial charge in [-0.25, -0.2) is 0 Å². The van der Waals surface area contributed by atoms with Gasteiger partial charge >= 0.3 is 0 Å². The fourth-order valence-electron chi connectivity index (χ4n) is 2.21. The summed E-state index contributed by atoms with van der Waals surface area (Å²) in [5.74, 6) is 0. The Morgan fingerprint density at radius 3 is 2.60 bits per heavy atom. The smallest absolute Gasteiger partial charge is 0.152 e. The lowest BCUT2D eigenvalue weighted by Crippen LogP contribution is -1.86. The molecule has 1 aromatic heterocycles. The van der Waals surface area contributed by atoms with E-state index in [1.54, 1.807) is 18.2 Å². The summed E-state index contributed by atoms with van der Waals surface area (Å²) in [4.78, 5) is 14.7. The topological polar surface area (TPSA) is 32.9 Å². The van der Waals surface area contributed by atoms with E-state index in [1.165, 1.54) is 0 Å². The van der Waals surface area contributed by atoms with E-state index < -0.39 is 0 Å². The Hall–Kier alpha value is -1.29. The molecule has 5 heteroatoms. The third-order valence-electron chi connectivity index (χ3n) is 3.12. The summed E-state index contributed by atoms with van der Waals surface area (Å²) < 4.78 is 0.917. The highest BCUT2D eigenvalue weighted by atomic mass is 79.9. The number of hydrogen-bond acceptors (Lipinski definition) is 1. The number of rotatable bonds is 2. The number of fused-ring (bicyclic) bond motifs is 1. The van der Waals surface area contributed by atoms with Crippen molar-refractivity contribution in [1.82, 2.24) is 4.98 Å². The molecule has 0 fully saturated rings. The molecule has 0 unspecified atom stereocenters. The van der Waals surface area contributed by atoms with Crippen molar-refractivity contribution >= 4 is 56.3 Å². The standard InChI is InChI=1S/C15H8BrCl2NO/c16-8-1-4-14-11(5-8)12(7-20)15(19-14)10-3-2-9(17)6-13(10)18/h1-7,19H. The lowest BCUT2D eigenvalue weighted by atomic mass is 10.1. The van der Waals surface area contributed by atoms with Crippen molar-refractivity contribution in [2.75, 3.05) is 0 Å². The zero-order valence-electron chi connectivity index (χ0n) is 10.1. The quantitative estimate of drug-likeness (QED) is 0.576. The molecule has 0 amide bonds. The van der Waals surface area contributed by atoms with Gasteiger partial charge in [-0.15, -0.1) is 0 Å². The monoisotopic (exact) mass is 367 g/mol. The number of carbonyl (C=O) groups is 1. The maximum absolute atomic E-state index is 11.5. The van der Waals surface area contributed by atoms with Gasteiger partial charge in [0.1, 0.15) is 0 Å². The lowest BCUT2D eigenvalue weighted by molar-refractivity contribution is 0.112. The number of hydrogen-bond donors (Lipinski definition) is 1. The minimum atomic E-state index is 0.506. The number of aromatic nitrogens is 1. The molecule has 100 valence electrons. The molecule has 3 aromatic rings. The number of nitrogens with one attached hydrogen (secondary N) is 1. The molecular formula is C15H8BrCl2NO. The first kappa shape index (κ1) is 13.7. The number of aldehydes is 1. The molecule has 0 aliphatic heterocycles. The van der Waals surface area contributed by atoms with E-state index in [9.17, 15) is 4.79 Å². The summed E-state index contributed by atoms with van der Waals surface area (Å²) in [5.41, 5.74) is 2.93. The third-order valence-corrected chi connectivity index (χ3v) is 4.16. The minimum absolute atomic E-state index is 0.506. The average molecular weight is 369 g/mol. The van der Waals surface area contributed by atoms with Crippen molar-refractivity contribution in [2.45, 2.75) is 0 Å². The summed E-state index contributed by atoms with van der Waals surface area (Å²) in [6, 6.07) is 11.0. The molecule has 1 heterocycles. The minimum Gasteiger partial charge on any atom is -0.354 e. The van der Waals surface area contributed by atoms with Crippen LogP contribution in [-0.4, -0.2) is 11.3 Å². The van der Waals surface area contributed by atoms with E-state index in [4.69, 9.17) is 23.2 Å². The molecular weight excluding hydrogens is 361 g/mol. The fourth-order valence-corrected chi connectivity index (χ4v) is 3.08. The zero-order chi connectivity index (χ0) is 14.3. The van der Waals surface area contributed by atoms with Gasteiger partial charge in [0.15, 0.2) is 6.29 Å². The number of H-pyrrole nitrogens is 1. The molecule has 0 aliphatic carbocycles. The molecule has 0 atom stereocenters. The molecule has 0 saturated heterocycles. The van der Waals surface area contributed by atoms with E-state index in [0.717, 1.165) is 27.2 Å². The summed E-state index contributed by atoms with van der Waals surface area (Å²) in [5, 5.41) is 1.92. The van der Waals surface area contributed by atoms with Gasteiger partial charge in [-0.05, 0) is 36.4 Å². The summed E-state index contributed by atoms with van der Waals surface area (Å²) in [6.07, 6.45) is 0.839. The van der Waals surface area contributed by atoms with Crippen LogP contribution in [0.4, 0.5) is 0 Å². The molecule has 0 bridgehead atoms. The van der Waals surface area contributed by atoms with Gasteiger partial charge in [0.2, 0.25) is 0 Å². The maximum atomic E-state index is 11.5.